The lowest BCUT2D eigenvalue weighted by atomic mass is 9.79. The largest absolute Gasteiger partial charge is 0.356 e. The standard InChI is InChI=1S/C14H22N2OS/c15-9-12-3-1-2-4-13(12)14(17)16-7-5-11-6-8-18-10-11/h6,8,10,12-13H,1-5,7,9,15H2,(H,16,17). The van der Waals surface area contributed by atoms with E-state index >= 15 is 0 Å². The molecule has 1 aromatic heterocycles. The van der Waals surface area contributed by atoms with E-state index < -0.39 is 0 Å². The van der Waals surface area contributed by atoms with E-state index in [0.29, 0.717) is 12.5 Å². The molecule has 0 radical (unpaired) electrons. The molecular weight excluding hydrogens is 244 g/mol. The van der Waals surface area contributed by atoms with Gasteiger partial charge in [0.05, 0.1) is 0 Å². The Kier molecular flexibility index (Phi) is 5.20. The monoisotopic (exact) mass is 266 g/mol. The highest BCUT2D eigenvalue weighted by Gasteiger charge is 2.29. The van der Waals surface area contributed by atoms with Crippen molar-refractivity contribution in [3.05, 3.63) is 22.4 Å². The van der Waals surface area contributed by atoms with Crippen molar-refractivity contribution in [2.75, 3.05) is 13.1 Å². The van der Waals surface area contributed by atoms with Crippen molar-refractivity contribution in [2.45, 2.75) is 32.1 Å². The zero-order chi connectivity index (χ0) is 12.8. The fourth-order valence-corrected chi connectivity index (χ4v) is 3.43. The van der Waals surface area contributed by atoms with Gasteiger partial charge >= 0.3 is 0 Å². The molecule has 0 spiro atoms. The highest BCUT2D eigenvalue weighted by Crippen LogP contribution is 2.29. The molecule has 1 aromatic rings. The number of amides is 1. The molecule has 1 aliphatic rings. The number of hydrogen-bond acceptors (Lipinski definition) is 3. The summed E-state index contributed by atoms with van der Waals surface area (Å²) in [4.78, 5) is 12.1. The van der Waals surface area contributed by atoms with Gasteiger partial charge in [-0.1, -0.05) is 12.8 Å². The first kappa shape index (κ1) is 13.6. The van der Waals surface area contributed by atoms with Gasteiger partial charge in [-0.2, -0.15) is 11.3 Å². The lowest BCUT2D eigenvalue weighted by molar-refractivity contribution is -0.127. The Morgan fingerprint density at radius 3 is 3.00 bits per heavy atom. The minimum atomic E-state index is 0.145. The molecular formula is C14H22N2OS. The fourth-order valence-electron chi connectivity index (χ4n) is 2.73. The third-order valence-electron chi connectivity index (χ3n) is 3.84. The van der Waals surface area contributed by atoms with Crippen LogP contribution in [-0.2, 0) is 11.2 Å². The van der Waals surface area contributed by atoms with E-state index in [-0.39, 0.29) is 11.8 Å². The average molecular weight is 266 g/mol. The van der Waals surface area contributed by atoms with Gasteiger partial charge in [-0.15, -0.1) is 0 Å². The third-order valence-corrected chi connectivity index (χ3v) is 4.57. The average Bonchev–Trinajstić information content (AvgIpc) is 2.91. The molecule has 0 bridgehead atoms. The first-order chi connectivity index (χ1) is 8.81. The Hall–Kier alpha value is -0.870. The van der Waals surface area contributed by atoms with Gasteiger partial charge in [0.1, 0.15) is 0 Å². The van der Waals surface area contributed by atoms with E-state index in [0.717, 1.165) is 25.8 Å². The number of nitrogens with two attached hydrogens (primary N) is 1. The van der Waals surface area contributed by atoms with Crippen molar-refractivity contribution in [1.82, 2.24) is 5.32 Å². The summed E-state index contributed by atoms with van der Waals surface area (Å²) in [5.41, 5.74) is 7.06. The van der Waals surface area contributed by atoms with Crippen LogP contribution in [-0.4, -0.2) is 19.0 Å². The Labute approximate surface area is 113 Å². The van der Waals surface area contributed by atoms with Gasteiger partial charge in [0.15, 0.2) is 0 Å². The zero-order valence-corrected chi connectivity index (χ0v) is 11.5. The van der Waals surface area contributed by atoms with E-state index in [9.17, 15) is 4.79 Å². The molecule has 2 unspecified atom stereocenters. The maximum atomic E-state index is 12.1. The molecule has 1 aliphatic carbocycles. The normalized spacial score (nSPS) is 23.8. The van der Waals surface area contributed by atoms with Crippen molar-refractivity contribution in [2.24, 2.45) is 17.6 Å². The van der Waals surface area contributed by atoms with Gasteiger partial charge in [-0.25, -0.2) is 0 Å². The lowest BCUT2D eigenvalue weighted by Gasteiger charge is -2.29. The van der Waals surface area contributed by atoms with Crippen LogP contribution in [0, 0.1) is 11.8 Å². The number of thiophene rings is 1. The summed E-state index contributed by atoms with van der Waals surface area (Å²) in [6.45, 7) is 1.38. The molecule has 4 heteroatoms. The molecule has 1 heterocycles. The quantitative estimate of drug-likeness (QED) is 0.858. The second kappa shape index (κ2) is 6.90. The van der Waals surface area contributed by atoms with Crippen LogP contribution in [0.15, 0.2) is 16.8 Å². The molecule has 18 heavy (non-hydrogen) atoms. The Bertz CT molecular complexity index is 364. The Morgan fingerprint density at radius 2 is 2.28 bits per heavy atom. The van der Waals surface area contributed by atoms with E-state index in [1.165, 1.54) is 18.4 Å². The molecule has 1 fully saturated rings. The van der Waals surface area contributed by atoms with Gasteiger partial charge in [0.25, 0.3) is 0 Å². The van der Waals surface area contributed by atoms with Crippen LogP contribution < -0.4 is 11.1 Å². The molecule has 1 amide bonds. The molecule has 0 aliphatic heterocycles. The predicted molar refractivity (Wildman–Crippen MR) is 75.5 cm³/mol. The highest BCUT2D eigenvalue weighted by molar-refractivity contribution is 7.07. The molecule has 0 saturated heterocycles. The number of carbonyl (C=O) groups is 1. The van der Waals surface area contributed by atoms with Crippen molar-refractivity contribution < 1.29 is 4.79 Å². The van der Waals surface area contributed by atoms with Crippen LogP contribution in [0.1, 0.15) is 31.2 Å². The van der Waals surface area contributed by atoms with E-state index in [1.807, 2.05) is 0 Å². The summed E-state index contributed by atoms with van der Waals surface area (Å²) < 4.78 is 0. The number of nitrogens with one attached hydrogen (secondary N) is 1. The van der Waals surface area contributed by atoms with Crippen molar-refractivity contribution in [3.63, 3.8) is 0 Å². The Balaban J connectivity index is 1.76. The molecule has 2 atom stereocenters. The van der Waals surface area contributed by atoms with E-state index in [1.54, 1.807) is 11.3 Å². The molecule has 3 nitrogen and oxygen atoms in total. The molecule has 1 saturated carbocycles. The van der Waals surface area contributed by atoms with Crippen molar-refractivity contribution in [1.29, 1.82) is 0 Å². The third kappa shape index (κ3) is 3.56. The van der Waals surface area contributed by atoms with Crippen LogP contribution in [0.25, 0.3) is 0 Å². The van der Waals surface area contributed by atoms with Gasteiger partial charge in [0.2, 0.25) is 5.91 Å². The maximum Gasteiger partial charge on any atom is 0.223 e. The molecule has 0 aromatic carbocycles. The Morgan fingerprint density at radius 1 is 1.44 bits per heavy atom. The van der Waals surface area contributed by atoms with Crippen LogP contribution in [0.5, 0.6) is 0 Å². The summed E-state index contributed by atoms with van der Waals surface area (Å²) in [5.74, 6) is 0.742. The number of rotatable bonds is 5. The first-order valence-corrected chi connectivity index (χ1v) is 7.74. The highest BCUT2D eigenvalue weighted by atomic mass is 32.1. The van der Waals surface area contributed by atoms with Gasteiger partial charge in [0, 0.05) is 12.5 Å². The zero-order valence-electron chi connectivity index (χ0n) is 10.7. The first-order valence-electron chi connectivity index (χ1n) is 6.80. The summed E-state index contributed by atoms with van der Waals surface area (Å²) in [5, 5.41) is 7.27. The van der Waals surface area contributed by atoms with Crippen LogP contribution in [0.2, 0.25) is 0 Å². The van der Waals surface area contributed by atoms with Crippen LogP contribution in [0.3, 0.4) is 0 Å². The minimum Gasteiger partial charge on any atom is -0.356 e. The van der Waals surface area contributed by atoms with Crippen LogP contribution >= 0.6 is 11.3 Å². The molecule has 3 N–H and O–H groups in total. The molecule has 2 rings (SSSR count). The van der Waals surface area contributed by atoms with Crippen molar-refractivity contribution >= 4 is 17.2 Å². The van der Waals surface area contributed by atoms with Gasteiger partial charge in [-0.05, 0) is 54.1 Å². The van der Waals surface area contributed by atoms with Gasteiger partial charge < -0.3 is 11.1 Å². The second-order valence-electron chi connectivity index (χ2n) is 5.06. The number of hydrogen-bond donors (Lipinski definition) is 2. The lowest BCUT2D eigenvalue weighted by Crippen LogP contribution is -2.40. The smallest absolute Gasteiger partial charge is 0.223 e. The maximum absolute atomic E-state index is 12.1. The number of carbonyl (C=O) groups excluding carboxylic acids is 1. The van der Waals surface area contributed by atoms with E-state index in [2.05, 4.69) is 22.1 Å². The summed E-state index contributed by atoms with van der Waals surface area (Å²) in [6, 6.07) is 2.11. The predicted octanol–water partition coefficient (Wildman–Crippen LogP) is 2.17. The van der Waals surface area contributed by atoms with Crippen molar-refractivity contribution in [3.8, 4) is 0 Å². The summed E-state index contributed by atoms with van der Waals surface area (Å²) in [7, 11) is 0. The SMILES string of the molecule is NCC1CCCCC1C(=O)NCCc1ccsc1. The van der Waals surface area contributed by atoms with Crippen LogP contribution in [0.4, 0.5) is 0 Å². The topological polar surface area (TPSA) is 55.1 Å². The molecule has 100 valence electrons. The second-order valence-corrected chi connectivity index (χ2v) is 5.84. The minimum absolute atomic E-state index is 0.145. The van der Waals surface area contributed by atoms with E-state index in [4.69, 9.17) is 5.73 Å². The summed E-state index contributed by atoms with van der Waals surface area (Å²) in [6.07, 6.45) is 5.43. The fraction of sp³-hybridized carbons (Fsp3) is 0.643. The summed E-state index contributed by atoms with van der Waals surface area (Å²) >= 11 is 1.70. The van der Waals surface area contributed by atoms with Gasteiger partial charge in [-0.3, -0.25) is 4.79 Å².